The normalized spacial score (nSPS) is 10.5. The number of methoxy groups -OCH3 is 1. The number of hydrogen-bond donors (Lipinski definition) is 2. The monoisotopic (exact) mass is 540 g/mol. The Morgan fingerprint density at radius 3 is 2.42 bits per heavy atom. The van der Waals surface area contributed by atoms with Crippen LogP contribution in [-0.4, -0.2) is 35.1 Å². The van der Waals surface area contributed by atoms with Gasteiger partial charge in [0.25, 0.3) is 11.5 Å². The number of aryl methyl sites for hydroxylation is 1. The molecule has 3 N–H and O–H groups in total. The predicted octanol–water partition coefficient (Wildman–Crippen LogP) is 4.99. The summed E-state index contributed by atoms with van der Waals surface area (Å²) in [6, 6.07) is 12.3. The van der Waals surface area contributed by atoms with Crippen LogP contribution in [0, 0.1) is 0 Å². The molecule has 1 amide bonds. The van der Waals surface area contributed by atoms with E-state index in [1.807, 2.05) is 24.4 Å². The minimum atomic E-state index is -0.549. The second kappa shape index (κ2) is 16.4. The Morgan fingerprint density at radius 2 is 1.68 bits per heavy atom. The smallest absolute Gasteiger partial charge is 0.325 e. The quantitative estimate of drug-likeness (QED) is 0.220. The third kappa shape index (κ3) is 9.76. The summed E-state index contributed by atoms with van der Waals surface area (Å²) in [4.78, 5) is 40.9. The molecule has 2 aromatic heterocycles. The number of benzene rings is 1. The number of amides is 1. The number of hydrogen-bond acceptors (Lipinski definition) is 6. The molecule has 3 rings (SSSR count). The molecule has 0 saturated carbocycles. The van der Waals surface area contributed by atoms with Crippen LogP contribution < -0.4 is 16.6 Å². The molecule has 0 spiro atoms. The van der Waals surface area contributed by atoms with Crippen molar-refractivity contribution in [3.8, 4) is 11.1 Å². The summed E-state index contributed by atoms with van der Waals surface area (Å²) >= 11 is 0. The van der Waals surface area contributed by atoms with Gasteiger partial charge in [0, 0.05) is 35.8 Å². The van der Waals surface area contributed by atoms with Crippen molar-refractivity contribution < 1.29 is 14.3 Å². The molecule has 204 valence electrons. The summed E-state index contributed by atoms with van der Waals surface area (Å²) in [6.45, 7) is 0.554. The Kier molecular flexibility index (Phi) is 13.2. The topological polar surface area (TPSA) is 116 Å². The zero-order valence-electron chi connectivity index (χ0n) is 21.9. The number of carbonyl (C=O) groups excluding carboxylic acids is 2. The summed E-state index contributed by atoms with van der Waals surface area (Å²) < 4.78 is 5.81. The van der Waals surface area contributed by atoms with Crippen molar-refractivity contribution in [3.05, 3.63) is 82.5 Å². The zero-order valence-corrected chi connectivity index (χ0v) is 22.7. The van der Waals surface area contributed by atoms with Gasteiger partial charge in [0.1, 0.15) is 6.54 Å². The fraction of sp³-hybridized carbons (Fsp3) is 0.379. The van der Waals surface area contributed by atoms with Crippen LogP contribution in [0.4, 0.5) is 5.69 Å². The van der Waals surface area contributed by atoms with Crippen LogP contribution in [0.5, 0.6) is 0 Å². The average Bonchev–Trinajstić information content (AvgIpc) is 2.92. The summed E-state index contributed by atoms with van der Waals surface area (Å²) in [5.74, 6) is -0.867. The number of nitrogens with one attached hydrogen (secondary N) is 1. The SMILES string of the molecule is COC(=O)Cn1cc(NC(=O)c2cccc(-c3cncc(CCCCCCCCCN)c3)c2)ccc1=O.Cl. The van der Waals surface area contributed by atoms with Crippen molar-refractivity contribution in [1.29, 1.82) is 0 Å². The van der Waals surface area contributed by atoms with Gasteiger partial charge in [-0.25, -0.2) is 0 Å². The highest BCUT2D eigenvalue weighted by molar-refractivity contribution is 6.04. The largest absolute Gasteiger partial charge is 0.468 e. The molecule has 9 heteroatoms. The molecule has 0 unspecified atom stereocenters. The van der Waals surface area contributed by atoms with Gasteiger partial charge in [-0.1, -0.05) is 44.2 Å². The molecular weight excluding hydrogens is 504 g/mol. The lowest BCUT2D eigenvalue weighted by Gasteiger charge is -2.10. The molecule has 0 aliphatic rings. The van der Waals surface area contributed by atoms with E-state index in [9.17, 15) is 14.4 Å². The number of anilines is 1. The lowest BCUT2D eigenvalue weighted by molar-refractivity contribution is -0.141. The minimum Gasteiger partial charge on any atom is -0.468 e. The van der Waals surface area contributed by atoms with Crippen molar-refractivity contribution in [2.45, 2.75) is 57.9 Å². The number of nitrogens with zero attached hydrogens (tertiary/aromatic N) is 2. The fourth-order valence-corrected chi connectivity index (χ4v) is 4.12. The Balaban J connectivity index is 0.00000507. The molecule has 2 heterocycles. The number of carbonyl (C=O) groups is 2. The van der Waals surface area contributed by atoms with E-state index >= 15 is 0 Å². The van der Waals surface area contributed by atoms with E-state index in [0.29, 0.717) is 11.3 Å². The number of pyridine rings is 2. The highest BCUT2D eigenvalue weighted by Gasteiger charge is 2.11. The number of halogens is 1. The molecule has 8 nitrogen and oxygen atoms in total. The molecule has 0 saturated heterocycles. The maximum absolute atomic E-state index is 12.9. The van der Waals surface area contributed by atoms with Gasteiger partial charge in [-0.05, 0) is 61.2 Å². The predicted molar refractivity (Wildman–Crippen MR) is 153 cm³/mol. The van der Waals surface area contributed by atoms with E-state index < -0.39 is 5.97 Å². The lowest BCUT2D eigenvalue weighted by atomic mass is 10.0. The summed E-state index contributed by atoms with van der Waals surface area (Å²) in [5, 5.41) is 2.79. The highest BCUT2D eigenvalue weighted by atomic mass is 35.5. The Hall–Kier alpha value is -3.49. The van der Waals surface area contributed by atoms with Gasteiger partial charge in [-0.3, -0.25) is 19.4 Å². The van der Waals surface area contributed by atoms with Gasteiger partial charge in [0.05, 0.1) is 12.8 Å². The van der Waals surface area contributed by atoms with Crippen LogP contribution in [0.15, 0.2) is 65.8 Å². The van der Waals surface area contributed by atoms with Crippen molar-refractivity contribution in [3.63, 3.8) is 0 Å². The average molecular weight is 541 g/mol. The first-order valence-electron chi connectivity index (χ1n) is 12.8. The third-order valence-corrected chi connectivity index (χ3v) is 6.19. The standard InChI is InChI=1S/C29H36N4O4.ClH/c1-37-28(35)21-33-20-26(13-14-27(33)34)32-29(36)24-12-9-11-23(17-24)25-16-22(18-31-19-25)10-7-5-3-2-4-6-8-15-30;/h9,11-14,16-20H,2-8,10,15,21,30H2,1H3,(H,32,36);1H. The Labute approximate surface area is 230 Å². The van der Waals surface area contributed by atoms with Gasteiger partial charge in [-0.15, -0.1) is 12.4 Å². The molecule has 0 aliphatic carbocycles. The first-order chi connectivity index (χ1) is 18.0. The number of esters is 1. The molecule has 1 aromatic carbocycles. The van der Waals surface area contributed by atoms with E-state index in [4.69, 9.17) is 5.73 Å². The van der Waals surface area contributed by atoms with Crippen molar-refractivity contribution in [2.75, 3.05) is 19.0 Å². The van der Waals surface area contributed by atoms with Gasteiger partial charge in [0.2, 0.25) is 0 Å². The van der Waals surface area contributed by atoms with Crippen LogP contribution in [0.2, 0.25) is 0 Å². The van der Waals surface area contributed by atoms with Crippen LogP contribution in [0.25, 0.3) is 11.1 Å². The second-order valence-electron chi connectivity index (χ2n) is 9.09. The number of ether oxygens (including phenoxy) is 1. The summed E-state index contributed by atoms with van der Waals surface area (Å²) in [7, 11) is 1.25. The van der Waals surface area contributed by atoms with E-state index in [2.05, 4.69) is 21.1 Å². The molecule has 0 aliphatic heterocycles. The van der Waals surface area contributed by atoms with Crippen LogP contribution in [0.3, 0.4) is 0 Å². The summed E-state index contributed by atoms with van der Waals surface area (Å²) in [5.41, 5.74) is 9.10. The minimum absolute atomic E-state index is 0. The third-order valence-electron chi connectivity index (χ3n) is 6.19. The molecule has 3 aromatic rings. The lowest BCUT2D eigenvalue weighted by Crippen LogP contribution is -2.24. The van der Waals surface area contributed by atoms with Gasteiger partial charge in [0.15, 0.2) is 0 Å². The maximum Gasteiger partial charge on any atom is 0.325 e. The zero-order chi connectivity index (χ0) is 26.5. The van der Waals surface area contributed by atoms with Crippen molar-refractivity contribution >= 4 is 30.0 Å². The first-order valence-corrected chi connectivity index (χ1v) is 12.8. The molecule has 0 bridgehead atoms. The van der Waals surface area contributed by atoms with E-state index in [-0.39, 0.29) is 30.4 Å². The number of rotatable bonds is 14. The van der Waals surface area contributed by atoms with Gasteiger partial charge < -0.3 is 20.4 Å². The highest BCUT2D eigenvalue weighted by Crippen LogP contribution is 2.22. The Bertz CT molecular complexity index is 1240. The van der Waals surface area contributed by atoms with Crippen LogP contribution >= 0.6 is 12.4 Å². The van der Waals surface area contributed by atoms with Gasteiger partial charge >= 0.3 is 5.97 Å². The van der Waals surface area contributed by atoms with Crippen LogP contribution in [0.1, 0.15) is 60.9 Å². The van der Waals surface area contributed by atoms with E-state index in [0.717, 1.165) is 36.9 Å². The van der Waals surface area contributed by atoms with E-state index in [1.165, 1.54) is 67.7 Å². The molecule has 38 heavy (non-hydrogen) atoms. The van der Waals surface area contributed by atoms with Crippen LogP contribution in [-0.2, 0) is 22.5 Å². The molecular formula is C29H37ClN4O4. The molecule has 0 atom stereocenters. The molecule has 0 fully saturated rings. The van der Waals surface area contributed by atoms with E-state index in [1.54, 1.807) is 12.3 Å². The number of nitrogens with two attached hydrogens (primary N) is 1. The Morgan fingerprint density at radius 1 is 0.947 bits per heavy atom. The van der Waals surface area contributed by atoms with Gasteiger partial charge in [-0.2, -0.15) is 0 Å². The summed E-state index contributed by atoms with van der Waals surface area (Å²) in [6.07, 6.45) is 14.6. The second-order valence-corrected chi connectivity index (χ2v) is 9.09. The number of aromatic nitrogens is 2. The fourth-order valence-electron chi connectivity index (χ4n) is 4.12. The first kappa shape index (κ1) is 30.7. The maximum atomic E-state index is 12.9. The molecule has 0 radical (unpaired) electrons. The van der Waals surface area contributed by atoms with Crippen molar-refractivity contribution in [1.82, 2.24) is 9.55 Å². The number of unbranched alkanes of at least 4 members (excludes halogenated alkanes) is 6. The van der Waals surface area contributed by atoms with Crippen molar-refractivity contribution in [2.24, 2.45) is 5.73 Å².